The van der Waals surface area contributed by atoms with Crippen molar-refractivity contribution in [3.05, 3.63) is 0 Å². The summed E-state index contributed by atoms with van der Waals surface area (Å²) in [6.45, 7) is 14.2. The van der Waals surface area contributed by atoms with Gasteiger partial charge in [-0.25, -0.2) is 9.13 Å². The van der Waals surface area contributed by atoms with Gasteiger partial charge in [0.1, 0.15) is 19.3 Å². The zero-order chi connectivity index (χ0) is 69.6. The molecule has 0 spiro atoms. The Morgan fingerprint density at radius 1 is 0.298 bits per heavy atom. The van der Waals surface area contributed by atoms with Gasteiger partial charge in [0.05, 0.1) is 26.4 Å². The van der Waals surface area contributed by atoms with Gasteiger partial charge in [-0.15, -0.1) is 0 Å². The van der Waals surface area contributed by atoms with E-state index in [0.717, 1.165) is 120 Å². The fraction of sp³-hybridized carbons (Fsp3) is 0.947. The standard InChI is InChI=1S/C75H146O17P2/c1-9-66(6)52-44-36-28-22-20-18-16-14-12-13-15-17-19-21-23-30-41-49-57-74(79)91-71(62-86-73(78)56-48-40-34-33-38-46-54-68(8)11-3)64-90-94(83,84)88-60-69(76)59-87-93(81,82)89-63-70(61-85-72(77)55-47-39-32-26-27-35-43-51-65(4)5)92-75(80)58-50-42-31-25-24-29-37-45-53-67(7)10-2/h65-71,76H,9-64H2,1-8H3,(H,81,82)(H,83,84)/t66?,67?,68?,69?,70-,71-/m1/s1. The molecule has 0 amide bonds. The maximum absolute atomic E-state index is 13.1. The first-order chi connectivity index (χ1) is 45.2. The number of aliphatic hydroxyl groups is 1. The molecule has 19 heteroatoms. The molecule has 558 valence electrons. The lowest BCUT2D eigenvalue weighted by Gasteiger charge is -2.21. The highest BCUT2D eigenvalue weighted by molar-refractivity contribution is 7.47. The van der Waals surface area contributed by atoms with Crippen LogP contribution in [0.1, 0.15) is 376 Å². The van der Waals surface area contributed by atoms with Crippen molar-refractivity contribution in [2.45, 2.75) is 395 Å². The van der Waals surface area contributed by atoms with Crippen molar-refractivity contribution in [1.82, 2.24) is 0 Å². The largest absolute Gasteiger partial charge is 0.472 e. The van der Waals surface area contributed by atoms with Gasteiger partial charge in [-0.2, -0.15) is 0 Å². The summed E-state index contributed by atoms with van der Waals surface area (Å²) in [6.07, 6.45) is 48.8. The Kier molecular flexibility index (Phi) is 63.1. The van der Waals surface area contributed by atoms with Crippen LogP contribution >= 0.6 is 15.6 Å². The van der Waals surface area contributed by atoms with Crippen LogP contribution in [0.4, 0.5) is 0 Å². The molecule has 0 heterocycles. The average molecular weight is 1380 g/mol. The lowest BCUT2D eigenvalue weighted by molar-refractivity contribution is -0.161. The number of rotatable bonds is 72. The minimum atomic E-state index is -4.96. The van der Waals surface area contributed by atoms with E-state index in [2.05, 4.69) is 55.4 Å². The molecule has 17 nitrogen and oxygen atoms in total. The number of esters is 4. The van der Waals surface area contributed by atoms with Crippen LogP contribution in [0.15, 0.2) is 0 Å². The lowest BCUT2D eigenvalue weighted by atomic mass is 9.99. The maximum Gasteiger partial charge on any atom is 0.472 e. The molecule has 0 radical (unpaired) electrons. The van der Waals surface area contributed by atoms with Crippen molar-refractivity contribution in [3.63, 3.8) is 0 Å². The Bertz CT molecular complexity index is 1860. The molecule has 0 aliphatic carbocycles. The highest BCUT2D eigenvalue weighted by atomic mass is 31.2. The summed E-state index contributed by atoms with van der Waals surface area (Å²) >= 11 is 0. The molecule has 0 saturated carbocycles. The quantitative estimate of drug-likeness (QED) is 0.0222. The number of phosphoric acid groups is 2. The summed E-state index contributed by atoms with van der Waals surface area (Å²) < 4.78 is 68.4. The molecule has 8 atom stereocenters. The predicted molar refractivity (Wildman–Crippen MR) is 381 cm³/mol. The number of hydrogen-bond donors (Lipinski definition) is 3. The van der Waals surface area contributed by atoms with Gasteiger partial charge in [0.15, 0.2) is 12.2 Å². The van der Waals surface area contributed by atoms with E-state index < -0.39 is 97.5 Å². The third kappa shape index (κ3) is 64.7. The SMILES string of the molecule is CCC(C)CCCCCCCCCCCCCCCCCCCCC(=O)O[C@H](COC(=O)CCCCCCCCC(C)CC)COP(=O)(O)OCC(O)COP(=O)(O)OC[C@@H](COC(=O)CCCCCCCCCC(C)C)OC(=O)CCCCCCCCCCC(C)CC. The fourth-order valence-electron chi connectivity index (χ4n) is 11.3. The number of phosphoric ester groups is 2. The van der Waals surface area contributed by atoms with Crippen molar-refractivity contribution in [2.75, 3.05) is 39.6 Å². The number of ether oxygens (including phenoxy) is 4. The molecule has 0 fully saturated rings. The van der Waals surface area contributed by atoms with Gasteiger partial charge in [0.25, 0.3) is 0 Å². The minimum Gasteiger partial charge on any atom is -0.462 e. The zero-order valence-corrected chi connectivity index (χ0v) is 63.4. The first-order valence-electron chi connectivity index (χ1n) is 38.8. The highest BCUT2D eigenvalue weighted by Gasteiger charge is 2.30. The van der Waals surface area contributed by atoms with Crippen LogP contribution in [0.2, 0.25) is 0 Å². The van der Waals surface area contributed by atoms with Crippen molar-refractivity contribution in [1.29, 1.82) is 0 Å². The maximum atomic E-state index is 13.1. The summed E-state index contributed by atoms with van der Waals surface area (Å²) in [5, 5.41) is 10.6. The number of unbranched alkanes of at least 4 members (excludes halogenated alkanes) is 35. The summed E-state index contributed by atoms with van der Waals surface area (Å²) in [6, 6.07) is 0. The Labute approximate surface area is 575 Å². The highest BCUT2D eigenvalue weighted by Crippen LogP contribution is 2.45. The topological polar surface area (TPSA) is 237 Å². The van der Waals surface area contributed by atoms with Crippen LogP contribution < -0.4 is 0 Å². The van der Waals surface area contributed by atoms with Crippen LogP contribution in [0.3, 0.4) is 0 Å². The van der Waals surface area contributed by atoms with Crippen LogP contribution in [0, 0.1) is 23.7 Å². The molecule has 0 saturated heterocycles. The number of carbonyl (C=O) groups is 4. The molecule has 0 bridgehead atoms. The lowest BCUT2D eigenvalue weighted by Crippen LogP contribution is -2.30. The third-order valence-corrected chi connectivity index (χ3v) is 20.3. The summed E-state index contributed by atoms with van der Waals surface area (Å²) in [5.74, 6) is 0.949. The van der Waals surface area contributed by atoms with Crippen LogP contribution in [-0.4, -0.2) is 96.7 Å². The molecule has 0 aromatic rings. The summed E-state index contributed by atoms with van der Waals surface area (Å²) in [7, 11) is -9.91. The van der Waals surface area contributed by atoms with E-state index in [4.69, 9.17) is 37.0 Å². The third-order valence-electron chi connectivity index (χ3n) is 18.4. The smallest absolute Gasteiger partial charge is 0.462 e. The average Bonchev–Trinajstić information content (AvgIpc) is 1.18. The molecule has 0 aromatic carbocycles. The van der Waals surface area contributed by atoms with Gasteiger partial charge in [-0.1, -0.05) is 325 Å². The molecule has 0 aromatic heterocycles. The second kappa shape index (κ2) is 64.4. The Morgan fingerprint density at radius 2 is 0.511 bits per heavy atom. The molecule has 94 heavy (non-hydrogen) atoms. The summed E-state index contributed by atoms with van der Waals surface area (Å²) in [4.78, 5) is 72.7. The van der Waals surface area contributed by atoms with E-state index in [1.165, 1.54) is 167 Å². The van der Waals surface area contributed by atoms with Gasteiger partial charge < -0.3 is 33.8 Å². The van der Waals surface area contributed by atoms with E-state index >= 15 is 0 Å². The zero-order valence-electron chi connectivity index (χ0n) is 61.6. The van der Waals surface area contributed by atoms with Gasteiger partial charge in [-0.3, -0.25) is 37.3 Å². The van der Waals surface area contributed by atoms with E-state index in [-0.39, 0.29) is 25.7 Å². The normalized spacial score (nSPS) is 15.0. The molecule has 0 rings (SSSR count). The van der Waals surface area contributed by atoms with Crippen LogP contribution in [-0.2, 0) is 65.4 Å². The Hall–Kier alpha value is -1.94. The molecule has 0 aliphatic heterocycles. The minimum absolute atomic E-state index is 0.104. The number of hydrogen-bond acceptors (Lipinski definition) is 15. The summed E-state index contributed by atoms with van der Waals surface area (Å²) in [5.41, 5.74) is 0. The molecule has 3 N–H and O–H groups in total. The van der Waals surface area contributed by atoms with E-state index in [0.29, 0.717) is 31.6 Å². The monoisotopic (exact) mass is 1380 g/mol. The van der Waals surface area contributed by atoms with E-state index in [1.807, 2.05) is 0 Å². The molecular weight excluding hydrogens is 1230 g/mol. The van der Waals surface area contributed by atoms with Gasteiger partial charge in [-0.05, 0) is 49.4 Å². The first-order valence-corrected chi connectivity index (χ1v) is 41.8. The molecule has 0 aliphatic rings. The van der Waals surface area contributed by atoms with Gasteiger partial charge >= 0.3 is 39.5 Å². The Morgan fingerprint density at radius 3 is 0.755 bits per heavy atom. The van der Waals surface area contributed by atoms with Crippen molar-refractivity contribution < 1.29 is 80.2 Å². The van der Waals surface area contributed by atoms with Gasteiger partial charge in [0.2, 0.25) is 0 Å². The number of carbonyl (C=O) groups excluding carboxylic acids is 4. The molecular formula is C75H146O17P2. The van der Waals surface area contributed by atoms with E-state index in [9.17, 15) is 43.2 Å². The predicted octanol–water partition coefficient (Wildman–Crippen LogP) is 21.7. The van der Waals surface area contributed by atoms with Gasteiger partial charge in [0, 0.05) is 25.7 Å². The Balaban J connectivity index is 5.17. The van der Waals surface area contributed by atoms with Crippen LogP contribution in [0.5, 0.6) is 0 Å². The number of aliphatic hydroxyl groups excluding tert-OH is 1. The van der Waals surface area contributed by atoms with Crippen LogP contribution in [0.25, 0.3) is 0 Å². The fourth-order valence-corrected chi connectivity index (χ4v) is 12.9. The first kappa shape index (κ1) is 92.1. The van der Waals surface area contributed by atoms with Crippen molar-refractivity contribution in [2.24, 2.45) is 23.7 Å². The second-order valence-corrected chi connectivity index (χ2v) is 31.1. The molecule has 6 unspecified atom stereocenters. The van der Waals surface area contributed by atoms with E-state index in [1.54, 1.807) is 0 Å². The second-order valence-electron chi connectivity index (χ2n) is 28.2. The van der Waals surface area contributed by atoms with Crippen molar-refractivity contribution >= 4 is 39.5 Å². The van der Waals surface area contributed by atoms with Crippen molar-refractivity contribution in [3.8, 4) is 0 Å².